The summed E-state index contributed by atoms with van der Waals surface area (Å²) in [6.45, 7) is 2.94. The van der Waals surface area contributed by atoms with Crippen LogP contribution in [0.15, 0.2) is 67.1 Å². The topological polar surface area (TPSA) is 84.9 Å². The van der Waals surface area contributed by atoms with Crippen molar-refractivity contribution in [1.29, 1.82) is 0 Å². The molecule has 3 heterocycles. The number of piperidine rings is 1. The maximum atomic E-state index is 13.6. The van der Waals surface area contributed by atoms with Gasteiger partial charge in [0, 0.05) is 32.0 Å². The number of hydrogen-bond acceptors (Lipinski definition) is 6. The highest BCUT2D eigenvalue weighted by Crippen LogP contribution is 2.39. The summed E-state index contributed by atoms with van der Waals surface area (Å²) < 4.78 is 24.9. The third-order valence-electron chi connectivity index (χ3n) is 8.17. The third kappa shape index (κ3) is 7.60. The van der Waals surface area contributed by atoms with E-state index in [4.69, 9.17) is 9.47 Å². The van der Waals surface area contributed by atoms with Gasteiger partial charge in [-0.05, 0) is 73.4 Å². The second-order valence-corrected chi connectivity index (χ2v) is 10.9. The lowest BCUT2D eigenvalue weighted by atomic mass is 9.73. The van der Waals surface area contributed by atoms with Gasteiger partial charge < -0.3 is 19.3 Å². The van der Waals surface area contributed by atoms with Crippen LogP contribution in [0, 0.1) is 11.2 Å². The van der Waals surface area contributed by atoms with Crippen LogP contribution in [0.1, 0.15) is 54.6 Å². The number of nitrogens with zero attached hydrogens (tertiary/aromatic N) is 4. The van der Waals surface area contributed by atoms with Crippen molar-refractivity contribution >= 4 is 11.8 Å². The first-order chi connectivity index (χ1) is 20.0. The summed E-state index contributed by atoms with van der Waals surface area (Å²) in [5, 5.41) is 0. The van der Waals surface area contributed by atoms with E-state index >= 15 is 0 Å². The average molecular weight is 561 g/mol. The van der Waals surface area contributed by atoms with Gasteiger partial charge in [0.25, 0.3) is 5.91 Å². The van der Waals surface area contributed by atoms with Gasteiger partial charge >= 0.3 is 0 Å². The van der Waals surface area contributed by atoms with Gasteiger partial charge in [0.1, 0.15) is 29.6 Å². The predicted octanol–water partition coefficient (Wildman–Crippen LogP) is 4.94. The summed E-state index contributed by atoms with van der Waals surface area (Å²) in [6.07, 6.45) is 10.5. The van der Waals surface area contributed by atoms with Gasteiger partial charge in [0.05, 0.1) is 25.8 Å². The molecule has 3 aromatic rings. The number of fused-ring (bicyclic) bond motifs is 1. The fourth-order valence-electron chi connectivity index (χ4n) is 5.82. The Hall–Kier alpha value is -4.01. The highest BCUT2D eigenvalue weighted by atomic mass is 19.1. The van der Waals surface area contributed by atoms with Crippen LogP contribution in [0.4, 0.5) is 4.39 Å². The molecule has 9 heteroatoms. The summed E-state index contributed by atoms with van der Waals surface area (Å²) in [5.41, 5.74) is 1.42. The van der Waals surface area contributed by atoms with Crippen molar-refractivity contribution in [2.45, 2.75) is 44.9 Å². The third-order valence-corrected chi connectivity index (χ3v) is 8.17. The fraction of sp³-hybridized carbons (Fsp3) is 0.438. The molecule has 0 saturated carbocycles. The van der Waals surface area contributed by atoms with Gasteiger partial charge in [-0.3, -0.25) is 14.6 Å². The number of carbonyl (C=O) groups is 2. The van der Waals surface area contributed by atoms with E-state index in [9.17, 15) is 14.0 Å². The SMILES string of the molecule is O=C(CCOc1ccc(F)cc1)N1CCC2(CCCCc3ccccc3OCCN(C(=O)c3cnccn3)C2)CC1. The summed E-state index contributed by atoms with van der Waals surface area (Å²) in [4.78, 5) is 38.7. The monoisotopic (exact) mass is 560 g/mol. The zero-order valence-corrected chi connectivity index (χ0v) is 23.3. The van der Waals surface area contributed by atoms with Crippen LogP contribution in [-0.2, 0) is 11.2 Å². The van der Waals surface area contributed by atoms with Gasteiger partial charge in [0.2, 0.25) is 5.91 Å². The van der Waals surface area contributed by atoms with E-state index in [2.05, 4.69) is 16.0 Å². The minimum atomic E-state index is -0.323. The molecular weight excluding hydrogens is 523 g/mol. The second-order valence-electron chi connectivity index (χ2n) is 10.9. The van der Waals surface area contributed by atoms with Crippen LogP contribution >= 0.6 is 0 Å². The Bertz CT molecular complexity index is 1300. The minimum absolute atomic E-state index is 0.0487. The molecule has 0 unspecified atom stereocenters. The Labute approximate surface area is 240 Å². The lowest BCUT2D eigenvalue weighted by molar-refractivity contribution is -0.134. The lowest BCUT2D eigenvalue weighted by Gasteiger charge is -2.45. The Kier molecular flexibility index (Phi) is 9.44. The molecule has 8 nitrogen and oxygen atoms in total. The maximum absolute atomic E-state index is 13.6. The van der Waals surface area contributed by atoms with Crippen molar-refractivity contribution in [1.82, 2.24) is 19.8 Å². The largest absolute Gasteiger partial charge is 0.493 e. The molecule has 2 aliphatic heterocycles. The number of rotatable bonds is 5. The number of halogens is 1. The minimum Gasteiger partial charge on any atom is -0.493 e. The number of likely N-dealkylation sites (tertiary alicyclic amines) is 1. The Morgan fingerprint density at radius 3 is 2.54 bits per heavy atom. The number of amides is 2. The van der Waals surface area contributed by atoms with E-state index in [1.165, 1.54) is 30.1 Å². The van der Waals surface area contributed by atoms with Crippen molar-refractivity contribution in [3.8, 4) is 11.5 Å². The number of carbonyl (C=O) groups excluding carboxylic acids is 2. The number of benzene rings is 2. The van der Waals surface area contributed by atoms with E-state index in [-0.39, 0.29) is 36.1 Å². The Balaban J connectivity index is 1.25. The van der Waals surface area contributed by atoms with Crippen molar-refractivity contribution in [3.05, 3.63) is 84.2 Å². The predicted molar refractivity (Wildman–Crippen MR) is 152 cm³/mol. The van der Waals surface area contributed by atoms with Gasteiger partial charge in [0.15, 0.2) is 0 Å². The molecule has 1 spiro atoms. The van der Waals surface area contributed by atoms with E-state index < -0.39 is 0 Å². The van der Waals surface area contributed by atoms with Gasteiger partial charge in [-0.25, -0.2) is 9.37 Å². The molecule has 1 fully saturated rings. The molecule has 5 rings (SSSR count). The van der Waals surface area contributed by atoms with E-state index in [0.29, 0.717) is 44.2 Å². The lowest BCUT2D eigenvalue weighted by Crippen LogP contribution is -2.50. The molecule has 2 amide bonds. The van der Waals surface area contributed by atoms with E-state index in [1.807, 2.05) is 28.0 Å². The number of aromatic nitrogens is 2. The number of aryl methyl sites for hydroxylation is 1. The molecule has 0 atom stereocenters. The van der Waals surface area contributed by atoms with Gasteiger partial charge in [-0.2, -0.15) is 0 Å². The maximum Gasteiger partial charge on any atom is 0.274 e. The zero-order chi connectivity index (χ0) is 28.5. The quantitative estimate of drug-likeness (QED) is 0.440. The second kappa shape index (κ2) is 13.6. The molecular formula is C32H37FN4O4. The normalized spacial score (nSPS) is 17.5. The van der Waals surface area contributed by atoms with Gasteiger partial charge in [-0.15, -0.1) is 0 Å². The van der Waals surface area contributed by atoms with Crippen molar-refractivity contribution in [2.24, 2.45) is 5.41 Å². The molecule has 1 aromatic heterocycles. The first-order valence-electron chi connectivity index (χ1n) is 14.4. The molecule has 0 N–H and O–H groups in total. The standard InChI is InChI=1S/C32H37FN4O4/c33-26-8-10-27(11-9-26)40-21-12-30(38)36-18-14-32(15-19-36)13-4-3-6-25-5-1-2-7-29(25)41-22-20-37(24-32)31(39)28-23-34-16-17-35-28/h1-2,5,7-11,16-17,23H,3-4,6,12-15,18-22,24H2. The molecule has 0 radical (unpaired) electrons. The molecule has 41 heavy (non-hydrogen) atoms. The van der Waals surface area contributed by atoms with Crippen molar-refractivity contribution in [3.63, 3.8) is 0 Å². The zero-order valence-electron chi connectivity index (χ0n) is 23.3. The summed E-state index contributed by atoms with van der Waals surface area (Å²) >= 11 is 0. The first kappa shape index (κ1) is 28.5. The summed E-state index contributed by atoms with van der Waals surface area (Å²) in [6, 6.07) is 13.9. The molecule has 0 aliphatic carbocycles. The van der Waals surface area contributed by atoms with Crippen molar-refractivity contribution < 1.29 is 23.5 Å². The summed E-state index contributed by atoms with van der Waals surface area (Å²) in [7, 11) is 0. The van der Waals surface area contributed by atoms with Gasteiger partial charge in [-0.1, -0.05) is 24.6 Å². The number of hydrogen-bond donors (Lipinski definition) is 0. The molecule has 2 aliphatic rings. The molecule has 2 aromatic carbocycles. The van der Waals surface area contributed by atoms with Crippen LogP contribution in [-0.4, -0.2) is 71.0 Å². The average Bonchev–Trinajstić information content (AvgIpc) is 3.00. The van der Waals surface area contributed by atoms with Crippen LogP contribution in [0.2, 0.25) is 0 Å². The Morgan fingerprint density at radius 2 is 1.76 bits per heavy atom. The number of para-hydroxylation sites is 1. The van der Waals surface area contributed by atoms with Crippen LogP contribution < -0.4 is 9.47 Å². The first-order valence-corrected chi connectivity index (χ1v) is 14.4. The van der Waals surface area contributed by atoms with Crippen molar-refractivity contribution in [2.75, 3.05) is 39.4 Å². The number of ether oxygens (including phenoxy) is 2. The van der Waals surface area contributed by atoms with E-state index in [0.717, 1.165) is 44.3 Å². The highest BCUT2D eigenvalue weighted by molar-refractivity contribution is 5.92. The van der Waals surface area contributed by atoms with Crippen LogP contribution in [0.25, 0.3) is 0 Å². The molecule has 216 valence electrons. The van der Waals surface area contributed by atoms with Crippen LogP contribution in [0.5, 0.6) is 11.5 Å². The highest BCUT2D eigenvalue weighted by Gasteiger charge is 2.38. The van der Waals surface area contributed by atoms with E-state index in [1.54, 1.807) is 18.3 Å². The fourth-order valence-corrected chi connectivity index (χ4v) is 5.82. The summed E-state index contributed by atoms with van der Waals surface area (Å²) in [5.74, 6) is 1.00. The molecule has 0 bridgehead atoms. The molecule has 1 saturated heterocycles. The smallest absolute Gasteiger partial charge is 0.274 e. The van der Waals surface area contributed by atoms with Crippen LogP contribution in [0.3, 0.4) is 0 Å². The Morgan fingerprint density at radius 1 is 0.951 bits per heavy atom.